The van der Waals surface area contributed by atoms with Crippen LogP contribution in [0.1, 0.15) is 6.42 Å². The van der Waals surface area contributed by atoms with Crippen LogP contribution in [0, 0.1) is 0 Å². The molecule has 0 radical (unpaired) electrons. The molecule has 2 aliphatic heterocycles. The minimum atomic E-state index is -3.70. The van der Waals surface area contributed by atoms with E-state index in [1.807, 2.05) is 24.3 Å². The number of nitrogens with zero attached hydrogens (tertiary/aromatic N) is 3. The summed E-state index contributed by atoms with van der Waals surface area (Å²) in [4.78, 5) is 18.8. The zero-order chi connectivity index (χ0) is 22.8. The molecule has 0 spiro atoms. The maximum absolute atomic E-state index is 13.1. The van der Waals surface area contributed by atoms with E-state index >= 15 is 0 Å². The molecule has 3 heterocycles. The molecule has 1 saturated heterocycles. The van der Waals surface area contributed by atoms with Crippen LogP contribution in [0.15, 0.2) is 57.0 Å². The number of para-hydroxylation sites is 2. The van der Waals surface area contributed by atoms with Crippen molar-refractivity contribution < 1.29 is 27.1 Å². The van der Waals surface area contributed by atoms with Gasteiger partial charge in [-0.15, -0.1) is 0 Å². The fraction of sp³-hybridized carbons (Fsp3) is 0.364. The average molecular weight is 490 g/mol. The first kappa shape index (κ1) is 22.1. The molecule has 11 heteroatoms. The van der Waals surface area contributed by atoms with E-state index in [1.165, 1.54) is 28.2 Å². The van der Waals surface area contributed by atoms with Crippen LogP contribution in [-0.2, 0) is 14.8 Å². The molecule has 3 aromatic rings. The van der Waals surface area contributed by atoms with Gasteiger partial charge in [0.2, 0.25) is 15.9 Å². The van der Waals surface area contributed by atoms with Gasteiger partial charge < -0.3 is 18.8 Å². The van der Waals surface area contributed by atoms with E-state index in [0.29, 0.717) is 48.6 Å². The number of piperazine rings is 1. The van der Waals surface area contributed by atoms with Gasteiger partial charge in [0.25, 0.3) is 5.22 Å². The van der Waals surface area contributed by atoms with Crippen LogP contribution in [0.5, 0.6) is 11.5 Å². The van der Waals surface area contributed by atoms with E-state index in [1.54, 1.807) is 11.0 Å². The highest BCUT2D eigenvalue weighted by molar-refractivity contribution is 7.99. The molecular formula is C22H23N3O6S2. The molecule has 9 nitrogen and oxygen atoms in total. The van der Waals surface area contributed by atoms with Gasteiger partial charge in [-0.25, -0.2) is 13.4 Å². The number of hydrogen-bond donors (Lipinski definition) is 0. The van der Waals surface area contributed by atoms with Crippen molar-refractivity contribution in [2.45, 2.75) is 16.5 Å². The second-order valence-electron chi connectivity index (χ2n) is 7.68. The number of sulfonamides is 1. The number of carbonyl (C=O) groups excluding carboxylic acids is 1. The summed E-state index contributed by atoms with van der Waals surface area (Å²) in [6, 6.07) is 12.1. The normalized spacial score (nSPS) is 17.2. The predicted molar refractivity (Wildman–Crippen MR) is 122 cm³/mol. The SMILES string of the molecule is O=C(CSc1nc2ccccc2o1)N1CCN(S(=O)(=O)c2ccc3c(c2)OCCCO3)CC1. The van der Waals surface area contributed by atoms with Gasteiger partial charge in [-0.2, -0.15) is 4.31 Å². The summed E-state index contributed by atoms with van der Waals surface area (Å²) in [5.41, 5.74) is 1.43. The lowest BCUT2D eigenvalue weighted by atomic mass is 10.3. The lowest BCUT2D eigenvalue weighted by Crippen LogP contribution is -2.50. The van der Waals surface area contributed by atoms with E-state index in [2.05, 4.69) is 4.98 Å². The first-order chi connectivity index (χ1) is 16.0. The van der Waals surface area contributed by atoms with Crippen molar-refractivity contribution in [3.8, 4) is 11.5 Å². The third-order valence-electron chi connectivity index (χ3n) is 5.54. The van der Waals surface area contributed by atoms with E-state index in [0.717, 1.165) is 11.9 Å². The number of thioether (sulfide) groups is 1. The Morgan fingerprint density at radius 1 is 1.00 bits per heavy atom. The van der Waals surface area contributed by atoms with E-state index in [-0.39, 0.29) is 29.6 Å². The van der Waals surface area contributed by atoms with Gasteiger partial charge in [0.15, 0.2) is 17.1 Å². The zero-order valence-electron chi connectivity index (χ0n) is 17.8. The Hall–Kier alpha value is -2.76. The standard InChI is InChI=1S/C22H23N3O6S2/c26-21(15-32-22-23-17-4-1-2-5-18(17)31-22)24-8-10-25(11-9-24)33(27,28)16-6-7-19-20(14-16)30-13-3-12-29-19/h1-2,4-7,14H,3,8-13,15H2. The Morgan fingerprint density at radius 2 is 1.76 bits per heavy atom. The number of aromatic nitrogens is 1. The van der Waals surface area contributed by atoms with Gasteiger partial charge >= 0.3 is 0 Å². The topological polar surface area (TPSA) is 102 Å². The van der Waals surface area contributed by atoms with Crippen LogP contribution in [-0.4, -0.2) is 73.7 Å². The molecule has 5 rings (SSSR count). The molecule has 174 valence electrons. The van der Waals surface area contributed by atoms with Gasteiger partial charge in [-0.1, -0.05) is 23.9 Å². The highest BCUT2D eigenvalue weighted by atomic mass is 32.2. The van der Waals surface area contributed by atoms with E-state index < -0.39 is 10.0 Å². The Balaban J connectivity index is 1.18. The third kappa shape index (κ3) is 4.66. The molecule has 0 atom stereocenters. The summed E-state index contributed by atoms with van der Waals surface area (Å²) in [6.07, 6.45) is 0.747. The van der Waals surface area contributed by atoms with Crippen molar-refractivity contribution in [1.82, 2.24) is 14.2 Å². The molecule has 2 aromatic carbocycles. The van der Waals surface area contributed by atoms with Crippen molar-refractivity contribution in [2.24, 2.45) is 0 Å². The van der Waals surface area contributed by atoms with Crippen molar-refractivity contribution in [3.63, 3.8) is 0 Å². The van der Waals surface area contributed by atoms with Crippen molar-refractivity contribution in [2.75, 3.05) is 45.1 Å². The Labute approximate surface area is 195 Å². The number of carbonyl (C=O) groups is 1. The van der Waals surface area contributed by atoms with Crippen LogP contribution in [0.2, 0.25) is 0 Å². The monoisotopic (exact) mass is 489 g/mol. The largest absolute Gasteiger partial charge is 0.490 e. The van der Waals surface area contributed by atoms with Crippen LogP contribution >= 0.6 is 11.8 Å². The number of amides is 1. The molecule has 0 bridgehead atoms. The molecule has 33 heavy (non-hydrogen) atoms. The second-order valence-corrected chi connectivity index (χ2v) is 10.5. The van der Waals surface area contributed by atoms with Crippen molar-refractivity contribution in [1.29, 1.82) is 0 Å². The number of hydrogen-bond acceptors (Lipinski definition) is 8. The highest BCUT2D eigenvalue weighted by Gasteiger charge is 2.31. The minimum Gasteiger partial charge on any atom is -0.490 e. The van der Waals surface area contributed by atoms with Crippen molar-refractivity contribution >= 4 is 38.8 Å². The summed E-state index contributed by atoms with van der Waals surface area (Å²) in [5.74, 6) is 1.11. The molecule has 0 aliphatic carbocycles. The Morgan fingerprint density at radius 3 is 2.55 bits per heavy atom. The van der Waals surface area contributed by atoms with Gasteiger partial charge in [-0.05, 0) is 24.3 Å². The summed E-state index contributed by atoms with van der Waals surface area (Å²) in [7, 11) is -3.70. The zero-order valence-corrected chi connectivity index (χ0v) is 19.4. The number of fused-ring (bicyclic) bond motifs is 2. The maximum Gasteiger partial charge on any atom is 0.257 e. The maximum atomic E-state index is 13.1. The first-order valence-electron chi connectivity index (χ1n) is 10.7. The Kier molecular flexibility index (Phi) is 6.17. The van der Waals surface area contributed by atoms with E-state index in [9.17, 15) is 13.2 Å². The van der Waals surface area contributed by atoms with Crippen LogP contribution in [0.3, 0.4) is 0 Å². The second kappa shape index (κ2) is 9.24. The average Bonchev–Trinajstić information content (AvgIpc) is 3.11. The molecule has 0 N–H and O–H groups in total. The summed E-state index contributed by atoms with van der Waals surface area (Å²) in [6.45, 7) is 2.15. The van der Waals surface area contributed by atoms with Gasteiger partial charge in [-0.3, -0.25) is 4.79 Å². The Bertz CT molecular complexity index is 1240. The molecule has 1 fully saturated rings. The van der Waals surface area contributed by atoms with Gasteiger partial charge in [0.05, 0.1) is 23.9 Å². The third-order valence-corrected chi connectivity index (χ3v) is 8.25. The fourth-order valence-corrected chi connectivity index (χ4v) is 5.94. The summed E-state index contributed by atoms with van der Waals surface area (Å²) < 4.78 is 44.5. The number of rotatable bonds is 5. The van der Waals surface area contributed by atoms with E-state index in [4.69, 9.17) is 13.9 Å². The number of benzene rings is 2. The highest BCUT2D eigenvalue weighted by Crippen LogP contribution is 2.33. The summed E-state index contributed by atoms with van der Waals surface area (Å²) in [5, 5.41) is 0.445. The predicted octanol–water partition coefficient (Wildman–Crippen LogP) is 2.61. The van der Waals surface area contributed by atoms with Crippen LogP contribution in [0.4, 0.5) is 0 Å². The van der Waals surface area contributed by atoms with Gasteiger partial charge in [0.1, 0.15) is 5.52 Å². The van der Waals surface area contributed by atoms with Crippen molar-refractivity contribution in [3.05, 3.63) is 42.5 Å². The molecule has 2 aliphatic rings. The molecule has 0 saturated carbocycles. The lowest BCUT2D eigenvalue weighted by Gasteiger charge is -2.34. The lowest BCUT2D eigenvalue weighted by molar-refractivity contribution is -0.129. The van der Waals surface area contributed by atoms with Crippen LogP contribution < -0.4 is 9.47 Å². The summed E-state index contributed by atoms with van der Waals surface area (Å²) >= 11 is 1.24. The van der Waals surface area contributed by atoms with Gasteiger partial charge in [0, 0.05) is 38.7 Å². The molecule has 0 unspecified atom stereocenters. The molecule has 1 amide bonds. The quantitative estimate of drug-likeness (QED) is 0.504. The fourth-order valence-electron chi connectivity index (χ4n) is 3.76. The molecular weight excluding hydrogens is 466 g/mol. The number of oxazole rings is 1. The number of ether oxygens (including phenoxy) is 2. The minimum absolute atomic E-state index is 0.0742. The van der Waals surface area contributed by atoms with Crippen LogP contribution in [0.25, 0.3) is 11.1 Å². The molecule has 1 aromatic heterocycles. The smallest absolute Gasteiger partial charge is 0.257 e. The first-order valence-corrected chi connectivity index (χ1v) is 13.1.